The summed E-state index contributed by atoms with van der Waals surface area (Å²) in [5.74, 6) is -0.264. The van der Waals surface area contributed by atoms with E-state index >= 15 is 0 Å². The van der Waals surface area contributed by atoms with Crippen LogP contribution in [0.2, 0.25) is 8.67 Å². The second kappa shape index (κ2) is 5.97. The van der Waals surface area contributed by atoms with E-state index in [4.69, 9.17) is 23.2 Å². The number of thiophene rings is 1. The third-order valence-electron chi connectivity index (χ3n) is 2.96. The minimum Gasteiger partial charge on any atom is -0.322 e. The fourth-order valence-corrected chi connectivity index (χ4v) is 3.82. The maximum absolute atomic E-state index is 12.2. The van der Waals surface area contributed by atoms with Gasteiger partial charge in [0.25, 0.3) is 5.91 Å². The molecule has 0 atom stereocenters. The molecule has 2 aromatic carbocycles. The fourth-order valence-electron chi connectivity index (χ4n) is 1.99. The van der Waals surface area contributed by atoms with Crippen LogP contribution in [0, 0.1) is 0 Å². The Morgan fingerprint density at radius 2 is 1.76 bits per heavy atom. The van der Waals surface area contributed by atoms with Crippen molar-refractivity contribution in [3.8, 4) is 0 Å². The largest absolute Gasteiger partial charge is 0.322 e. The summed E-state index contributed by atoms with van der Waals surface area (Å²) in [5.41, 5.74) is 1.11. The molecule has 0 spiro atoms. The van der Waals surface area contributed by atoms with Crippen molar-refractivity contribution in [2.75, 3.05) is 5.32 Å². The van der Waals surface area contributed by atoms with E-state index in [9.17, 15) is 4.79 Å². The number of hydrogen-bond donors (Lipinski definition) is 1. The molecule has 3 rings (SSSR count). The van der Waals surface area contributed by atoms with Crippen LogP contribution in [0.3, 0.4) is 0 Å². The second-order valence-corrected chi connectivity index (χ2v) is 7.60. The maximum Gasteiger partial charge on any atom is 0.258 e. The molecule has 1 amide bonds. The highest BCUT2D eigenvalue weighted by atomic mass is 79.9. The van der Waals surface area contributed by atoms with E-state index in [1.165, 1.54) is 11.3 Å². The Morgan fingerprint density at radius 1 is 1.05 bits per heavy atom. The first-order valence-electron chi connectivity index (χ1n) is 5.98. The number of fused-ring (bicyclic) bond motifs is 1. The van der Waals surface area contributed by atoms with Crippen molar-refractivity contribution in [2.45, 2.75) is 0 Å². The van der Waals surface area contributed by atoms with Gasteiger partial charge in [-0.3, -0.25) is 4.79 Å². The highest BCUT2D eigenvalue weighted by Crippen LogP contribution is 2.32. The minimum atomic E-state index is -0.264. The number of carbonyl (C=O) groups is 1. The average Bonchev–Trinajstić information content (AvgIpc) is 2.78. The van der Waals surface area contributed by atoms with Crippen LogP contribution in [0.5, 0.6) is 0 Å². The molecule has 0 saturated heterocycles. The van der Waals surface area contributed by atoms with Gasteiger partial charge in [-0.15, -0.1) is 11.3 Å². The first-order chi connectivity index (χ1) is 10.0. The summed E-state index contributed by atoms with van der Waals surface area (Å²) in [7, 11) is 0. The molecule has 0 radical (unpaired) electrons. The van der Waals surface area contributed by atoms with Crippen LogP contribution in [0.4, 0.5) is 5.69 Å². The molecule has 3 aromatic rings. The molecule has 0 aliphatic heterocycles. The number of nitrogens with one attached hydrogen (secondary N) is 1. The van der Waals surface area contributed by atoms with Crippen LogP contribution in [0.25, 0.3) is 10.8 Å². The van der Waals surface area contributed by atoms with Gasteiger partial charge in [-0.1, -0.05) is 51.3 Å². The van der Waals surface area contributed by atoms with Crippen LogP contribution < -0.4 is 5.32 Å². The highest BCUT2D eigenvalue weighted by Gasteiger charge is 2.14. The number of rotatable bonds is 2. The molecular formula is C15H8BrCl2NOS. The average molecular weight is 401 g/mol. The summed E-state index contributed by atoms with van der Waals surface area (Å²) in [6, 6.07) is 13.3. The van der Waals surface area contributed by atoms with Crippen molar-refractivity contribution in [1.82, 2.24) is 0 Å². The standard InChI is InChI=1S/C15H8BrCl2NOS/c16-10-3-1-9-6-11(4-2-8(9)5-10)19-15(20)12-7-13(17)21-14(12)18/h1-7H,(H,19,20). The topological polar surface area (TPSA) is 29.1 Å². The monoisotopic (exact) mass is 399 g/mol. The quantitative estimate of drug-likeness (QED) is 0.543. The van der Waals surface area contributed by atoms with Crippen LogP contribution in [-0.4, -0.2) is 5.91 Å². The Balaban J connectivity index is 1.89. The van der Waals surface area contributed by atoms with Crippen LogP contribution in [0.15, 0.2) is 46.9 Å². The SMILES string of the molecule is O=C(Nc1ccc2cc(Br)ccc2c1)c1cc(Cl)sc1Cl. The molecule has 6 heteroatoms. The van der Waals surface area contributed by atoms with Gasteiger partial charge in [0.2, 0.25) is 0 Å². The van der Waals surface area contributed by atoms with Crippen molar-refractivity contribution < 1.29 is 4.79 Å². The molecule has 1 N–H and O–H groups in total. The second-order valence-electron chi connectivity index (χ2n) is 4.40. The predicted molar refractivity (Wildman–Crippen MR) is 93.9 cm³/mol. The number of anilines is 1. The van der Waals surface area contributed by atoms with Gasteiger partial charge in [0.05, 0.1) is 9.90 Å². The third kappa shape index (κ3) is 3.24. The molecule has 21 heavy (non-hydrogen) atoms. The first kappa shape index (κ1) is 14.9. The highest BCUT2D eigenvalue weighted by molar-refractivity contribution is 9.10. The molecule has 1 aromatic heterocycles. The van der Waals surface area contributed by atoms with E-state index in [2.05, 4.69) is 21.2 Å². The summed E-state index contributed by atoms with van der Waals surface area (Å²) in [4.78, 5) is 12.2. The van der Waals surface area contributed by atoms with E-state index < -0.39 is 0 Å². The number of amides is 1. The lowest BCUT2D eigenvalue weighted by Gasteiger charge is -2.06. The van der Waals surface area contributed by atoms with Gasteiger partial charge >= 0.3 is 0 Å². The molecule has 0 fully saturated rings. The fraction of sp³-hybridized carbons (Fsp3) is 0. The van der Waals surface area contributed by atoms with E-state index in [1.54, 1.807) is 6.07 Å². The zero-order valence-corrected chi connectivity index (χ0v) is 14.4. The lowest BCUT2D eigenvalue weighted by Crippen LogP contribution is -2.11. The van der Waals surface area contributed by atoms with E-state index in [-0.39, 0.29) is 5.91 Å². The van der Waals surface area contributed by atoms with Crippen LogP contribution >= 0.6 is 50.5 Å². The number of carbonyl (C=O) groups excluding carboxylic acids is 1. The van der Waals surface area contributed by atoms with Crippen molar-refractivity contribution in [2.24, 2.45) is 0 Å². The summed E-state index contributed by atoms with van der Waals surface area (Å²) < 4.78 is 1.90. The Labute approximate surface area is 143 Å². The zero-order chi connectivity index (χ0) is 15.0. The van der Waals surface area contributed by atoms with Gasteiger partial charge in [0.1, 0.15) is 4.34 Å². The maximum atomic E-state index is 12.2. The van der Waals surface area contributed by atoms with Crippen molar-refractivity contribution >= 4 is 72.8 Å². The minimum absolute atomic E-state index is 0.264. The Morgan fingerprint density at radius 3 is 2.48 bits per heavy atom. The molecule has 0 unspecified atom stereocenters. The third-order valence-corrected chi connectivity index (χ3v) is 4.94. The molecule has 0 saturated carbocycles. The van der Waals surface area contributed by atoms with E-state index in [0.29, 0.717) is 19.9 Å². The molecular weight excluding hydrogens is 393 g/mol. The van der Waals surface area contributed by atoms with Crippen molar-refractivity contribution in [1.29, 1.82) is 0 Å². The smallest absolute Gasteiger partial charge is 0.258 e. The summed E-state index contributed by atoms with van der Waals surface area (Å²) in [6.45, 7) is 0. The van der Waals surface area contributed by atoms with Gasteiger partial charge in [-0.05, 0) is 41.1 Å². The lowest BCUT2D eigenvalue weighted by atomic mass is 10.1. The van der Waals surface area contributed by atoms with Gasteiger partial charge in [-0.2, -0.15) is 0 Å². The number of hydrogen-bond acceptors (Lipinski definition) is 2. The Bertz CT molecular complexity index is 847. The number of halogens is 3. The molecule has 0 aliphatic carbocycles. The van der Waals surface area contributed by atoms with Crippen LogP contribution in [0.1, 0.15) is 10.4 Å². The van der Waals surface area contributed by atoms with Gasteiger partial charge in [0.15, 0.2) is 0 Å². The molecule has 1 heterocycles. The zero-order valence-electron chi connectivity index (χ0n) is 10.5. The van der Waals surface area contributed by atoms with Crippen molar-refractivity contribution in [3.05, 3.63) is 61.2 Å². The molecule has 2 nitrogen and oxygen atoms in total. The summed E-state index contributed by atoms with van der Waals surface area (Å²) >= 11 is 16.5. The molecule has 106 valence electrons. The van der Waals surface area contributed by atoms with Gasteiger partial charge in [-0.25, -0.2) is 0 Å². The van der Waals surface area contributed by atoms with Gasteiger partial charge in [0, 0.05) is 10.2 Å². The van der Waals surface area contributed by atoms with E-state index in [0.717, 1.165) is 15.2 Å². The molecule has 0 aliphatic rings. The predicted octanol–water partition coefficient (Wildman–Crippen LogP) is 6.22. The summed E-state index contributed by atoms with van der Waals surface area (Å²) in [5, 5.41) is 4.98. The van der Waals surface area contributed by atoms with E-state index in [1.807, 2.05) is 36.4 Å². The Kier molecular flexibility index (Phi) is 4.22. The normalized spacial score (nSPS) is 10.8. The van der Waals surface area contributed by atoms with Gasteiger partial charge < -0.3 is 5.32 Å². The van der Waals surface area contributed by atoms with Crippen molar-refractivity contribution in [3.63, 3.8) is 0 Å². The summed E-state index contributed by atoms with van der Waals surface area (Å²) in [6.07, 6.45) is 0. The number of benzene rings is 2. The lowest BCUT2D eigenvalue weighted by molar-refractivity contribution is 0.102. The molecule has 0 bridgehead atoms. The first-order valence-corrected chi connectivity index (χ1v) is 8.35. The Hall–Kier alpha value is -1.07. The van der Waals surface area contributed by atoms with Crippen LogP contribution in [-0.2, 0) is 0 Å².